The summed E-state index contributed by atoms with van der Waals surface area (Å²) in [6, 6.07) is 8.54. The van der Waals surface area contributed by atoms with Gasteiger partial charge in [-0.2, -0.15) is 4.98 Å². The first-order valence-corrected chi connectivity index (χ1v) is 8.65. The summed E-state index contributed by atoms with van der Waals surface area (Å²) >= 11 is 0. The maximum Gasteiger partial charge on any atom is 0.254 e. The Bertz CT molecular complexity index is 804. The van der Waals surface area contributed by atoms with Crippen molar-refractivity contribution in [1.82, 2.24) is 9.97 Å². The summed E-state index contributed by atoms with van der Waals surface area (Å²) in [4.78, 5) is 20.3. The fourth-order valence-electron chi connectivity index (χ4n) is 3.28. The third-order valence-corrected chi connectivity index (χ3v) is 4.86. The Hall–Kier alpha value is -2.67. The summed E-state index contributed by atoms with van der Waals surface area (Å²) in [5.74, 6) is 0.434. The highest BCUT2D eigenvalue weighted by Gasteiger charge is 2.28. The zero-order valence-corrected chi connectivity index (χ0v) is 13.9. The predicted molar refractivity (Wildman–Crippen MR) is 96.3 cm³/mol. The van der Waals surface area contributed by atoms with Gasteiger partial charge in [-0.05, 0) is 36.8 Å². The number of primary amides is 1. The predicted octanol–water partition coefficient (Wildman–Crippen LogP) is 1.58. The number of carbonyl (C=O) groups excluding carboxylic acids is 1. The van der Waals surface area contributed by atoms with Crippen molar-refractivity contribution < 1.29 is 4.79 Å². The molecule has 0 saturated heterocycles. The van der Waals surface area contributed by atoms with Gasteiger partial charge in [0, 0.05) is 18.3 Å². The Labute approximate surface area is 146 Å². The molecule has 1 saturated carbocycles. The first-order valence-electron chi connectivity index (χ1n) is 8.65. The van der Waals surface area contributed by atoms with Crippen LogP contribution in [0.1, 0.15) is 46.8 Å². The van der Waals surface area contributed by atoms with Gasteiger partial charge in [0.2, 0.25) is 5.95 Å². The number of nitrogens with one attached hydrogen (secondary N) is 2. The molecule has 1 heterocycles. The average Bonchev–Trinajstić information content (AvgIpc) is 3.42. The molecule has 1 amide bonds. The molecule has 2 aromatic rings. The van der Waals surface area contributed by atoms with E-state index in [9.17, 15) is 4.79 Å². The van der Waals surface area contributed by atoms with Gasteiger partial charge in [0.15, 0.2) is 0 Å². The lowest BCUT2D eigenvalue weighted by molar-refractivity contribution is 0.100. The number of nitrogens with zero attached hydrogens (tertiary/aromatic N) is 2. The van der Waals surface area contributed by atoms with Crippen molar-refractivity contribution in [3.05, 3.63) is 47.2 Å². The van der Waals surface area contributed by atoms with E-state index in [1.165, 1.54) is 11.8 Å². The maximum atomic E-state index is 11.6. The van der Waals surface area contributed by atoms with Gasteiger partial charge >= 0.3 is 0 Å². The summed E-state index contributed by atoms with van der Waals surface area (Å²) in [6.45, 7) is 0. The molecule has 2 aliphatic rings. The van der Waals surface area contributed by atoms with Crippen molar-refractivity contribution in [2.24, 2.45) is 11.5 Å². The Balaban J connectivity index is 1.55. The van der Waals surface area contributed by atoms with E-state index < -0.39 is 5.91 Å². The highest BCUT2D eigenvalue weighted by atomic mass is 16.1. The average molecular weight is 338 g/mol. The second-order valence-electron chi connectivity index (χ2n) is 6.75. The largest absolute Gasteiger partial charge is 0.367 e. The zero-order valence-electron chi connectivity index (χ0n) is 13.9. The van der Waals surface area contributed by atoms with Crippen molar-refractivity contribution in [3.8, 4) is 0 Å². The molecule has 0 aliphatic heterocycles. The molecule has 2 atom stereocenters. The molecule has 6 N–H and O–H groups in total. The van der Waals surface area contributed by atoms with Gasteiger partial charge < -0.3 is 22.1 Å². The number of rotatable bonds is 5. The van der Waals surface area contributed by atoms with Crippen LogP contribution in [0.4, 0.5) is 11.8 Å². The lowest BCUT2D eigenvalue weighted by Crippen LogP contribution is -2.37. The molecule has 2 unspecified atom stereocenters. The second kappa shape index (κ2) is 6.33. The molecule has 0 radical (unpaired) electrons. The number of hydrogen-bond donors (Lipinski definition) is 4. The molecular formula is C18H22N6O. The topological polar surface area (TPSA) is 119 Å². The lowest BCUT2D eigenvalue weighted by Gasteiger charge is -2.31. The molecule has 1 fully saturated rings. The molecule has 7 nitrogen and oxygen atoms in total. The molecule has 1 aromatic carbocycles. The number of fused-ring (bicyclic) bond motifs is 1. The Kier molecular flexibility index (Phi) is 4.01. The highest BCUT2D eigenvalue weighted by Crippen LogP contribution is 2.30. The molecule has 0 spiro atoms. The van der Waals surface area contributed by atoms with Crippen LogP contribution in [0.15, 0.2) is 30.5 Å². The van der Waals surface area contributed by atoms with Crippen LogP contribution in [0, 0.1) is 0 Å². The van der Waals surface area contributed by atoms with Crippen LogP contribution in [0.3, 0.4) is 0 Å². The quantitative estimate of drug-likeness (QED) is 0.657. The molecule has 25 heavy (non-hydrogen) atoms. The van der Waals surface area contributed by atoms with Gasteiger partial charge in [-0.15, -0.1) is 0 Å². The minimum Gasteiger partial charge on any atom is -0.367 e. The Morgan fingerprint density at radius 3 is 2.72 bits per heavy atom. The minimum atomic E-state index is -0.530. The van der Waals surface area contributed by atoms with Gasteiger partial charge in [-0.25, -0.2) is 4.98 Å². The number of amides is 1. The van der Waals surface area contributed by atoms with Gasteiger partial charge in [0.25, 0.3) is 5.91 Å². The first kappa shape index (κ1) is 15.8. The summed E-state index contributed by atoms with van der Waals surface area (Å²) in [6.07, 6.45) is 5.51. The molecular weight excluding hydrogens is 316 g/mol. The van der Waals surface area contributed by atoms with Crippen molar-refractivity contribution in [3.63, 3.8) is 0 Å². The lowest BCUT2D eigenvalue weighted by atomic mass is 9.84. The fraction of sp³-hybridized carbons (Fsp3) is 0.389. The van der Waals surface area contributed by atoms with Gasteiger partial charge in [-0.1, -0.05) is 24.3 Å². The van der Waals surface area contributed by atoms with E-state index >= 15 is 0 Å². The Morgan fingerprint density at radius 2 is 1.96 bits per heavy atom. The van der Waals surface area contributed by atoms with E-state index in [0.717, 1.165) is 31.2 Å². The van der Waals surface area contributed by atoms with Crippen molar-refractivity contribution >= 4 is 17.7 Å². The van der Waals surface area contributed by atoms with Crippen LogP contribution in [-0.4, -0.2) is 28.0 Å². The van der Waals surface area contributed by atoms with Crippen molar-refractivity contribution in [2.45, 2.75) is 43.8 Å². The summed E-state index contributed by atoms with van der Waals surface area (Å²) in [7, 11) is 0. The van der Waals surface area contributed by atoms with Crippen LogP contribution in [0.5, 0.6) is 0 Å². The number of aryl methyl sites for hydroxylation is 1. The van der Waals surface area contributed by atoms with E-state index in [2.05, 4.69) is 32.7 Å². The van der Waals surface area contributed by atoms with E-state index in [0.29, 0.717) is 23.4 Å². The monoisotopic (exact) mass is 338 g/mol. The van der Waals surface area contributed by atoms with Crippen LogP contribution in [0.2, 0.25) is 0 Å². The molecule has 1 aromatic heterocycles. The molecule has 7 heteroatoms. The first-order chi connectivity index (χ1) is 12.1. The highest BCUT2D eigenvalue weighted by molar-refractivity contribution is 5.97. The second-order valence-corrected chi connectivity index (χ2v) is 6.75. The van der Waals surface area contributed by atoms with E-state index in [1.54, 1.807) is 0 Å². The number of benzene rings is 1. The summed E-state index contributed by atoms with van der Waals surface area (Å²) in [5.41, 5.74) is 14.6. The third-order valence-electron chi connectivity index (χ3n) is 4.86. The Morgan fingerprint density at radius 1 is 1.16 bits per heavy atom. The standard InChI is InChI=1S/C18H22N6O/c19-15-12-4-2-1-3-10(12)5-8-14(15)23-18-21-9-13(16(20)25)17(24-18)22-11-6-7-11/h1-4,9,11,14-15H,5-8,19H2,(H2,20,25)(H2,21,22,23,24). The number of hydrogen-bond acceptors (Lipinski definition) is 6. The molecule has 2 aliphatic carbocycles. The minimum absolute atomic E-state index is 0.0445. The van der Waals surface area contributed by atoms with E-state index in [-0.39, 0.29) is 12.1 Å². The van der Waals surface area contributed by atoms with Crippen LogP contribution in [-0.2, 0) is 6.42 Å². The summed E-state index contributed by atoms with van der Waals surface area (Å²) < 4.78 is 0. The van der Waals surface area contributed by atoms with Crippen molar-refractivity contribution in [1.29, 1.82) is 0 Å². The van der Waals surface area contributed by atoms with Crippen molar-refractivity contribution in [2.75, 3.05) is 10.6 Å². The maximum absolute atomic E-state index is 11.6. The third kappa shape index (κ3) is 3.28. The van der Waals surface area contributed by atoms with E-state index in [4.69, 9.17) is 11.5 Å². The van der Waals surface area contributed by atoms with Crippen LogP contribution in [0.25, 0.3) is 0 Å². The van der Waals surface area contributed by atoms with Gasteiger partial charge in [0.1, 0.15) is 5.82 Å². The van der Waals surface area contributed by atoms with Crippen LogP contribution < -0.4 is 22.1 Å². The van der Waals surface area contributed by atoms with E-state index in [1.807, 2.05) is 12.1 Å². The molecule has 0 bridgehead atoms. The van der Waals surface area contributed by atoms with Gasteiger partial charge in [0.05, 0.1) is 11.6 Å². The number of nitrogens with two attached hydrogens (primary N) is 2. The number of aromatic nitrogens is 2. The zero-order chi connectivity index (χ0) is 17.4. The molecule has 130 valence electrons. The summed E-state index contributed by atoms with van der Waals surface area (Å²) in [5, 5.41) is 6.58. The smallest absolute Gasteiger partial charge is 0.254 e. The van der Waals surface area contributed by atoms with Gasteiger partial charge in [-0.3, -0.25) is 4.79 Å². The number of carbonyl (C=O) groups is 1. The number of anilines is 2. The molecule has 4 rings (SSSR count). The van der Waals surface area contributed by atoms with Crippen LogP contribution >= 0.6 is 0 Å². The normalized spacial score (nSPS) is 22.1. The SMILES string of the molecule is NC(=O)c1cnc(NC2CCc3ccccc3C2N)nc1NC1CC1. The fourth-order valence-corrected chi connectivity index (χ4v) is 3.28.